The van der Waals surface area contributed by atoms with Gasteiger partial charge in [-0.25, -0.2) is 8.42 Å². The summed E-state index contributed by atoms with van der Waals surface area (Å²) in [6.07, 6.45) is 1.20. The summed E-state index contributed by atoms with van der Waals surface area (Å²) < 4.78 is 27.9. The third kappa shape index (κ3) is 5.25. The van der Waals surface area contributed by atoms with E-state index in [4.69, 9.17) is 0 Å². The molecule has 0 atom stereocenters. The van der Waals surface area contributed by atoms with Gasteiger partial charge in [-0.15, -0.1) is 0 Å². The summed E-state index contributed by atoms with van der Waals surface area (Å²) in [6, 6.07) is 5.51. The predicted molar refractivity (Wildman–Crippen MR) is 98.8 cm³/mol. The van der Waals surface area contributed by atoms with Crippen molar-refractivity contribution in [3.63, 3.8) is 0 Å². The van der Waals surface area contributed by atoms with Gasteiger partial charge in [-0.05, 0) is 29.7 Å². The molecule has 1 amide bonds. The predicted octanol–water partition coefficient (Wildman–Crippen LogP) is 1.92. The Balaban J connectivity index is 2.19. The molecule has 2 aromatic rings. The summed E-state index contributed by atoms with van der Waals surface area (Å²) in [5.41, 5.74) is 0.0105. The van der Waals surface area contributed by atoms with Crippen LogP contribution in [0.5, 0.6) is 11.5 Å². The number of nitrogens with one attached hydrogen (secondary N) is 1. The van der Waals surface area contributed by atoms with Crippen LogP contribution in [0.3, 0.4) is 0 Å². The minimum absolute atomic E-state index is 0.0583. The first kappa shape index (κ1) is 20.3. The van der Waals surface area contributed by atoms with Crippen LogP contribution >= 0.6 is 11.5 Å². The second-order valence-electron chi connectivity index (χ2n) is 5.93. The number of nitrogens with zero attached hydrogens (tertiary/aromatic N) is 3. The first-order chi connectivity index (χ1) is 12.6. The molecule has 1 aromatic carbocycles. The average molecular weight is 408 g/mol. The Morgan fingerprint density at radius 2 is 2.07 bits per heavy atom. The Bertz CT molecular complexity index is 1040. The van der Waals surface area contributed by atoms with Gasteiger partial charge in [0.1, 0.15) is 11.6 Å². The maximum absolute atomic E-state index is 12.2. The van der Waals surface area contributed by atoms with E-state index in [0.29, 0.717) is 17.1 Å². The summed E-state index contributed by atoms with van der Waals surface area (Å²) in [7, 11) is -3.65. The van der Waals surface area contributed by atoms with Gasteiger partial charge >= 0.3 is 0 Å². The van der Waals surface area contributed by atoms with E-state index in [2.05, 4.69) is 14.7 Å². The summed E-state index contributed by atoms with van der Waals surface area (Å²) in [5.74, 6) is -1.77. The first-order valence-electron chi connectivity index (χ1n) is 7.64. The van der Waals surface area contributed by atoms with Crippen LogP contribution in [-0.4, -0.2) is 39.6 Å². The Hall–Kier alpha value is -2.97. The molecule has 27 heavy (non-hydrogen) atoms. The van der Waals surface area contributed by atoms with Crippen LogP contribution < -0.4 is 5.32 Å². The van der Waals surface area contributed by atoms with Gasteiger partial charge in [-0.1, -0.05) is 19.9 Å². The van der Waals surface area contributed by atoms with Crippen LogP contribution in [0.25, 0.3) is 6.08 Å². The maximum Gasteiger partial charge on any atom is 0.268 e. The number of phenolic OH excluding ortho intramolecular Hbond substituents is 2. The number of aromatic nitrogens is 2. The number of sulfone groups is 1. The summed E-state index contributed by atoms with van der Waals surface area (Å²) in [6.45, 7) is 3.50. The Labute approximate surface area is 159 Å². The zero-order valence-electron chi connectivity index (χ0n) is 14.4. The van der Waals surface area contributed by atoms with E-state index in [1.165, 1.54) is 24.3 Å². The van der Waals surface area contributed by atoms with E-state index >= 15 is 0 Å². The SMILES string of the molecule is CC(C)CS(=O)(=O)c1nsc(NC(=O)/C(C#N)=C\c2ccc(O)c(O)c2)n1. The molecule has 0 saturated carbocycles. The van der Waals surface area contributed by atoms with Crippen molar-refractivity contribution in [2.24, 2.45) is 5.92 Å². The van der Waals surface area contributed by atoms with Gasteiger partial charge in [0.05, 0.1) is 5.75 Å². The number of carbonyl (C=O) groups excluding carboxylic acids is 1. The van der Waals surface area contributed by atoms with Crippen LogP contribution in [0.15, 0.2) is 28.9 Å². The molecular formula is C16H16N4O5S2. The molecule has 0 bridgehead atoms. The number of nitriles is 1. The zero-order valence-corrected chi connectivity index (χ0v) is 16.0. The van der Waals surface area contributed by atoms with Crippen molar-refractivity contribution in [2.75, 3.05) is 11.1 Å². The van der Waals surface area contributed by atoms with Crippen molar-refractivity contribution in [1.29, 1.82) is 5.26 Å². The lowest BCUT2D eigenvalue weighted by atomic mass is 10.1. The van der Waals surface area contributed by atoms with Crippen molar-refractivity contribution in [3.05, 3.63) is 29.3 Å². The number of benzene rings is 1. The summed E-state index contributed by atoms with van der Waals surface area (Å²) in [4.78, 5) is 16.0. The minimum atomic E-state index is -3.65. The van der Waals surface area contributed by atoms with Crippen molar-refractivity contribution in [2.45, 2.75) is 19.0 Å². The maximum atomic E-state index is 12.2. The van der Waals surface area contributed by atoms with E-state index in [-0.39, 0.29) is 33.3 Å². The molecule has 0 spiro atoms. The third-order valence-electron chi connectivity index (χ3n) is 3.13. The summed E-state index contributed by atoms with van der Waals surface area (Å²) >= 11 is 0.689. The van der Waals surface area contributed by atoms with E-state index < -0.39 is 21.5 Å². The van der Waals surface area contributed by atoms with Crippen LogP contribution in [0.2, 0.25) is 0 Å². The Morgan fingerprint density at radius 1 is 1.37 bits per heavy atom. The number of phenols is 2. The van der Waals surface area contributed by atoms with Gasteiger partial charge < -0.3 is 10.2 Å². The fourth-order valence-corrected chi connectivity index (χ4v) is 4.36. The van der Waals surface area contributed by atoms with Crippen molar-refractivity contribution >= 4 is 38.5 Å². The smallest absolute Gasteiger partial charge is 0.268 e. The number of aromatic hydroxyl groups is 2. The molecule has 1 heterocycles. The zero-order chi connectivity index (χ0) is 20.2. The topological polar surface area (TPSA) is 153 Å². The molecule has 9 nitrogen and oxygen atoms in total. The van der Waals surface area contributed by atoms with Crippen LogP contribution in [0, 0.1) is 17.2 Å². The number of amides is 1. The molecule has 0 saturated heterocycles. The molecule has 0 radical (unpaired) electrons. The average Bonchev–Trinajstić information content (AvgIpc) is 3.04. The van der Waals surface area contributed by atoms with Crippen LogP contribution in [0.4, 0.5) is 5.13 Å². The monoisotopic (exact) mass is 408 g/mol. The van der Waals surface area contributed by atoms with E-state index in [0.717, 1.165) is 0 Å². The van der Waals surface area contributed by atoms with Gasteiger partial charge in [-0.2, -0.15) is 14.6 Å². The van der Waals surface area contributed by atoms with Gasteiger partial charge in [0.2, 0.25) is 15.0 Å². The molecule has 0 unspecified atom stereocenters. The number of anilines is 1. The molecule has 0 aliphatic heterocycles. The molecule has 11 heteroatoms. The standard InChI is InChI=1S/C16H16N4O5S2/c1-9(2)8-27(24,25)16-19-15(26-20-16)18-14(23)11(7-17)5-10-3-4-12(21)13(22)6-10/h3-6,9,21-22H,8H2,1-2H3,(H,18,19,20,23)/b11-5-. The molecule has 3 N–H and O–H groups in total. The lowest BCUT2D eigenvalue weighted by molar-refractivity contribution is -0.112. The first-order valence-corrected chi connectivity index (χ1v) is 10.1. The fraction of sp³-hybridized carbons (Fsp3) is 0.250. The molecular weight excluding hydrogens is 392 g/mol. The lowest BCUT2D eigenvalue weighted by Crippen LogP contribution is -2.15. The number of rotatable bonds is 6. The van der Waals surface area contributed by atoms with Crippen molar-refractivity contribution < 1.29 is 23.4 Å². The van der Waals surface area contributed by atoms with Crippen molar-refractivity contribution in [1.82, 2.24) is 9.36 Å². The number of hydrogen-bond donors (Lipinski definition) is 3. The summed E-state index contributed by atoms with van der Waals surface area (Å²) in [5, 5.41) is 29.8. The van der Waals surface area contributed by atoms with E-state index in [1.807, 2.05) is 0 Å². The molecule has 2 rings (SSSR count). The molecule has 1 aromatic heterocycles. The normalized spacial score (nSPS) is 12.0. The highest BCUT2D eigenvalue weighted by Crippen LogP contribution is 2.26. The van der Waals surface area contributed by atoms with E-state index in [1.54, 1.807) is 19.9 Å². The van der Waals surface area contributed by atoms with Crippen LogP contribution in [0.1, 0.15) is 19.4 Å². The van der Waals surface area contributed by atoms with Crippen molar-refractivity contribution in [3.8, 4) is 17.6 Å². The van der Waals surface area contributed by atoms with Gasteiger partial charge in [0.25, 0.3) is 11.1 Å². The van der Waals surface area contributed by atoms with Gasteiger partial charge in [0.15, 0.2) is 11.5 Å². The number of hydrogen-bond acceptors (Lipinski definition) is 9. The lowest BCUT2D eigenvalue weighted by Gasteiger charge is -2.03. The number of carbonyl (C=O) groups is 1. The highest BCUT2D eigenvalue weighted by atomic mass is 32.2. The second-order valence-corrected chi connectivity index (χ2v) is 8.61. The van der Waals surface area contributed by atoms with E-state index in [9.17, 15) is 28.7 Å². The molecule has 0 fully saturated rings. The third-order valence-corrected chi connectivity index (χ3v) is 5.72. The fourth-order valence-electron chi connectivity index (χ4n) is 2.01. The highest BCUT2D eigenvalue weighted by Gasteiger charge is 2.23. The van der Waals surface area contributed by atoms with Crippen LogP contribution in [-0.2, 0) is 14.6 Å². The minimum Gasteiger partial charge on any atom is -0.504 e. The second kappa shape index (κ2) is 8.15. The molecule has 142 valence electrons. The Kier molecular flexibility index (Phi) is 6.14. The molecule has 0 aliphatic rings. The Morgan fingerprint density at radius 3 is 2.67 bits per heavy atom. The van der Waals surface area contributed by atoms with Gasteiger partial charge in [0, 0.05) is 11.5 Å². The van der Waals surface area contributed by atoms with Gasteiger partial charge in [-0.3, -0.25) is 10.1 Å². The quantitative estimate of drug-likeness (QED) is 0.372. The molecule has 0 aliphatic carbocycles. The largest absolute Gasteiger partial charge is 0.504 e. The highest BCUT2D eigenvalue weighted by molar-refractivity contribution is 7.91.